The molecule has 0 aromatic rings. The summed E-state index contributed by atoms with van der Waals surface area (Å²) in [5.74, 6) is 0.832. The van der Waals surface area contributed by atoms with E-state index in [1.165, 1.54) is 45.6 Å². The number of likely N-dealkylation sites (tertiary alicyclic amines) is 2. The van der Waals surface area contributed by atoms with Gasteiger partial charge in [0.2, 0.25) is 0 Å². The third kappa shape index (κ3) is 2.12. The van der Waals surface area contributed by atoms with Crippen molar-refractivity contribution in [3.05, 3.63) is 0 Å². The van der Waals surface area contributed by atoms with Gasteiger partial charge in [-0.2, -0.15) is 0 Å². The molecular formula is C12H24N2. The highest BCUT2D eigenvalue weighted by Gasteiger charge is 2.43. The van der Waals surface area contributed by atoms with E-state index in [1.54, 1.807) is 0 Å². The first kappa shape index (κ1) is 10.4. The van der Waals surface area contributed by atoms with Crippen LogP contribution in [-0.2, 0) is 0 Å². The van der Waals surface area contributed by atoms with Crippen LogP contribution in [0.3, 0.4) is 0 Å². The SMILES string of the molecule is CC(C)CN1CC2(CCN(C)CC2)C1. The lowest BCUT2D eigenvalue weighted by atomic mass is 9.72. The average molecular weight is 196 g/mol. The summed E-state index contributed by atoms with van der Waals surface area (Å²) in [5.41, 5.74) is 0.724. The zero-order valence-electron chi connectivity index (χ0n) is 9.92. The maximum absolute atomic E-state index is 2.63. The second-order valence-corrected chi connectivity index (χ2v) is 5.87. The minimum absolute atomic E-state index is 0.724. The Hall–Kier alpha value is -0.0800. The molecule has 0 aromatic heterocycles. The Bertz CT molecular complexity index is 184. The summed E-state index contributed by atoms with van der Waals surface area (Å²) in [7, 11) is 2.25. The lowest BCUT2D eigenvalue weighted by molar-refractivity contribution is -0.0473. The molecule has 2 aliphatic heterocycles. The Balaban J connectivity index is 1.75. The number of nitrogens with zero attached hydrogens (tertiary/aromatic N) is 2. The highest BCUT2D eigenvalue weighted by molar-refractivity contribution is 4.97. The molecule has 0 aliphatic carbocycles. The van der Waals surface area contributed by atoms with E-state index in [0.717, 1.165) is 11.3 Å². The standard InChI is InChI=1S/C12H24N2/c1-11(2)8-14-9-12(10-14)4-6-13(3)7-5-12/h11H,4-10H2,1-3H3. The number of piperidine rings is 1. The van der Waals surface area contributed by atoms with Gasteiger partial charge in [-0.1, -0.05) is 13.8 Å². The number of hydrogen-bond donors (Lipinski definition) is 0. The predicted octanol–water partition coefficient (Wildman–Crippen LogP) is 1.67. The Labute approximate surface area is 88.3 Å². The van der Waals surface area contributed by atoms with E-state index in [9.17, 15) is 0 Å². The molecular weight excluding hydrogens is 172 g/mol. The zero-order chi connectivity index (χ0) is 10.2. The van der Waals surface area contributed by atoms with Crippen molar-refractivity contribution in [3.63, 3.8) is 0 Å². The van der Waals surface area contributed by atoms with E-state index in [4.69, 9.17) is 0 Å². The van der Waals surface area contributed by atoms with Crippen LogP contribution >= 0.6 is 0 Å². The summed E-state index contributed by atoms with van der Waals surface area (Å²) in [6.07, 6.45) is 2.86. The van der Waals surface area contributed by atoms with Crippen LogP contribution in [0.4, 0.5) is 0 Å². The van der Waals surface area contributed by atoms with Crippen LogP contribution in [0.1, 0.15) is 26.7 Å². The van der Waals surface area contributed by atoms with Gasteiger partial charge in [0, 0.05) is 19.6 Å². The molecule has 0 unspecified atom stereocenters. The average Bonchev–Trinajstić information content (AvgIpc) is 2.05. The fraction of sp³-hybridized carbons (Fsp3) is 1.00. The van der Waals surface area contributed by atoms with Gasteiger partial charge in [0.25, 0.3) is 0 Å². The van der Waals surface area contributed by atoms with Gasteiger partial charge >= 0.3 is 0 Å². The summed E-state index contributed by atoms with van der Waals surface area (Å²) in [6.45, 7) is 11.3. The highest BCUT2D eigenvalue weighted by atomic mass is 15.2. The van der Waals surface area contributed by atoms with Crippen LogP contribution in [0.25, 0.3) is 0 Å². The van der Waals surface area contributed by atoms with Crippen molar-refractivity contribution in [2.75, 3.05) is 39.8 Å². The highest BCUT2D eigenvalue weighted by Crippen LogP contribution is 2.40. The van der Waals surface area contributed by atoms with Crippen molar-refractivity contribution in [1.82, 2.24) is 9.80 Å². The third-order valence-corrected chi connectivity index (χ3v) is 3.79. The van der Waals surface area contributed by atoms with Gasteiger partial charge < -0.3 is 9.80 Å². The molecule has 0 saturated carbocycles. The molecule has 0 amide bonds. The van der Waals surface area contributed by atoms with Gasteiger partial charge in [0.1, 0.15) is 0 Å². The smallest absolute Gasteiger partial charge is 0.00515 e. The largest absolute Gasteiger partial charge is 0.306 e. The quantitative estimate of drug-likeness (QED) is 0.663. The van der Waals surface area contributed by atoms with Crippen LogP contribution in [-0.4, -0.2) is 49.6 Å². The monoisotopic (exact) mass is 196 g/mol. The third-order valence-electron chi connectivity index (χ3n) is 3.79. The molecule has 82 valence electrons. The van der Waals surface area contributed by atoms with Crippen molar-refractivity contribution >= 4 is 0 Å². The van der Waals surface area contributed by atoms with Crippen LogP contribution in [0.5, 0.6) is 0 Å². The van der Waals surface area contributed by atoms with Crippen molar-refractivity contribution in [1.29, 1.82) is 0 Å². The molecule has 2 aliphatic rings. The second kappa shape index (κ2) is 3.82. The molecule has 2 rings (SSSR count). The minimum atomic E-state index is 0.724. The molecule has 0 N–H and O–H groups in total. The predicted molar refractivity (Wildman–Crippen MR) is 60.4 cm³/mol. The van der Waals surface area contributed by atoms with Crippen LogP contribution in [0, 0.1) is 11.3 Å². The van der Waals surface area contributed by atoms with Crippen molar-refractivity contribution < 1.29 is 0 Å². The summed E-state index contributed by atoms with van der Waals surface area (Å²) < 4.78 is 0. The first-order valence-electron chi connectivity index (χ1n) is 6.01. The minimum Gasteiger partial charge on any atom is -0.306 e. The van der Waals surface area contributed by atoms with Gasteiger partial charge in [-0.15, -0.1) is 0 Å². The first-order valence-corrected chi connectivity index (χ1v) is 6.01. The normalized spacial score (nSPS) is 28.3. The molecule has 2 heterocycles. The first-order chi connectivity index (χ1) is 6.60. The maximum Gasteiger partial charge on any atom is 0.00515 e. The summed E-state index contributed by atoms with van der Waals surface area (Å²) >= 11 is 0. The fourth-order valence-corrected chi connectivity index (χ4v) is 2.96. The van der Waals surface area contributed by atoms with Crippen molar-refractivity contribution in [2.45, 2.75) is 26.7 Å². The van der Waals surface area contributed by atoms with E-state index < -0.39 is 0 Å². The summed E-state index contributed by atoms with van der Waals surface area (Å²) in [5, 5.41) is 0. The second-order valence-electron chi connectivity index (χ2n) is 5.87. The molecule has 2 nitrogen and oxygen atoms in total. The van der Waals surface area contributed by atoms with Crippen LogP contribution in [0.15, 0.2) is 0 Å². The molecule has 0 radical (unpaired) electrons. The molecule has 2 saturated heterocycles. The van der Waals surface area contributed by atoms with E-state index in [-0.39, 0.29) is 0 Å². The van der Waals surface area contributed by atoms with Crippen LogP contribution < -0.4 is 0 Å². The maximum atomic E-state index is 2.63. The van der Waals surface area contributed by atoms with E-state index in [2.05, 4.69) is 30.7 Å². The zero-order valence-corrected chi connectivity index (χ0v) is 9.92. The van der Waals surface area contributed by atoms with E-state index >= 15 is 0 Å². The summed E-state index contributed by atoms with van der Waals surface area (Å²) in [4.78, 5) is 5.10. The Kier molecular flexibility index (Phi) is 2.85. The lowest BCUT2D eigenvalue weighted by Gasteiger charge is -2.54. The van der Waals surface area contributed by atoms with Gasteiger partial charge in [0.05, 0.1) is 0 Å². The van der Waals surface area contributed by atoms with Gasteiger partial charge in [-0.3, -0.25) is 0 Å². The Morgan fingerprint density at radius 1 is 1.14 bits per heavy atom. The molecule has 0 atom stereocenters. The van der Waals surface area contributed by atoms with Gasteiger partial charge in [-0.05, 0) is 44.3 Å². The number of rotatable bonds is 2. The molecule has 0 bridgehead atoms. The molecule has 2 heteroatoms. The topological polar surface area (TPSA) is 6.48 Å². The molecule has 1 spiro atoms. The number of hydrogen-bond acceptors (Lipinski definition) is 2. The van der Waals surface area contributed by atoms with Crippen LogP contribution in [0.2, 0.25) is 0 Å². The van der Waals surface area contributed by atoms with Gasteiger partial charge in [-0.25, -0.2) is 0 Å². The molecule has 14 heavy (non-hydrogen) atoms. The molecule has 0 aromatic carbocycles. The molecule has 2 fully saturated rings. The van der Waals surface area contributed by atoms with Crippen molar-refractivity contribution in [2.24, 2.45) is 11.3 Å². The van der Waals surface area contributed by atoms with Crippen molar-refractivity contribution in [3.8, 4) is 0 Å². The van der Waals surface area contributed by atoms with E-state index in [0.29, 0.717) is 0 Å². The van der Waals surface area contributed by atoms with Gasteiger partial charge in [0.15, 0.2) is 0 Å². The van der Waals surface area contributed by atoms with E-state index in [1.807, 2.05) is 0 Å². The summed E-state index contributed by atoms with van der Waals surface area (Å²) in [6, 6.07) is 0. The Morgan fingerprint density at radius 2 is 1.71 bits per heavy atom. The Morgan fingerprint density at radius 3 is 2.21 bits per heavy atom. The fourth-order valence-electron chi connectivity index (χ4n) is 2.96. The lowest BCUT2D eigenvalue weighted by Crippen LogP contribution is -2.60.